The summed E-state index contributed by atoms with van der Waals surface area (Å²) in [5.41, 5.74) is 1.09. The molecule has 104 valence electrons. The summed E-state index contributed by atoms with van der Waals surface area (Å²) < 4.78 is 0. The van der Waals surface area contributed by atoms with Crippen molar-refractivity contribution < 1.29 is 4.92 Å². The minimum absolute atomic E-state index is 0.246. The molecule has 0 amide bonds. The number of benzene rings is 1. The molecule has 1 aliphatic heterocycles. The van der Waals surface area contributed by atoms with Crippen molar-refractivity contribution in [1.29, 1.82) is 0 Å². The maximum atomic E-state index is 11.0. The van der Waals surface area contributed by atoms with Crippen molar-refractivity contribution in [2.45, 2.75) is 25.8 Å². The largest absolute Gasteiger partial charge is 0.314 e. The van der Waals surface area contributed by atoms with Gasteiger partial charge in [-0.2, -0.15) is 0 Å². The van der Waals surface area contributed by atoms with Crippen molar-refractivity contribution in [3.05, 3.63) is 39.9 Å². The van der Waals surface area contributed by atoms with Crippen LogP contribution in [0.4, 0.5) is 5.69 Å². The van der Waals surface area contributed by atoms with Crippen molar-refractivity contribution in [3.8, 4) is 0 Å². The highest BCUT2D eigenvalue weighted by Gasteiger charge is 2.22. The average molecular weight is 263 g/mol. The van der Waals surface area contributed by atoms with E-state index in [1.807, 2.05) is 12.1 Å². The molecule has 1 atom stereocenters. The Hall–Kier alpha value is -1.46. The van der Waals surface area contributed by atoms with Gasteiger partial charge in [0.05, 0.1) is 4.92 Å². The first-order valence-corrected chi connectivity index (χ1v) is 6.89. The van der Waals surface area contributed by atoms with Crippen molar-refractivity contribution in [2.75, 3.05) is 26.2 Å². The zero-order chi connectivity index (χ0) is 13.7. The highest BCUT2D eigenvalue weighted by molar-refractivity contribution is 5.40. The molecule has 0 saturated carbocycles. The summed E-state index contributed by atoms with van der Waals surface area (Å²) in [6.07, 6.45) is 1.78. The van der Waals surface area contributed by atoms with E-state index in [9.17, 15) is 10.1 Å². The number of para-hydroxylation sites is 1. The van der Waals surface area contributed by atoms with Gasteiger partial charge in [-0.1, -0.05) is 25.1 Å². The molecule has 0 radical (unpaired) electrons. The van der Waals surface area contributed by atoms with Crippen LogP contribution in [0.2, 0.25) is 0 Å². The van der Waals surface area contributed by atoms with Crippen molar-refractivity contribution in [2.24, 2.45) is 0 Å². The molecule has 1 aromatic carbocycles. The first-order chi connectivity index (χ1) is 9.22. The standard InChI is InChI=1S/C14H21N3O2/c1-2-13(16-9-7-15-8-10-16)11-12-5-3-4-6-14(12)17(18)19/h3-6,13,15H,2,7-11H2,1H3. The lowest BCUT2D eigenvalue weighted by Gasteiger charge is -2.34. The lowest BCUT2D eigenvalue weighted by atomic mass is 10.0. The smallest absolute Gasteiger partial charge is 0.272 e. The second-order valence-electron chi connectivity index (χ2n) is 4.94. The van der Waals surface area contributed by atoms with Crippen LogP contribution < -0.4 is 5.32 Å². The lowest BCUT2D eigenvalue weighted by Crippen LogP contribution is -2.49. The first-order valence-electron chi connectivity index (χ1n) is 6.89. The molecule has 1 unspecified atom stereocenters. The fraction of sp³-hybridized carbons (Fsp3) is 0.571. The van der Waals surface area contributed by atoms with Gasteiger partial charge in [-0.05, 0) is 12.8 Å². The Morgan fingerprint density at radius 2 is 2.05 bits per heavy atom. The van der Waals surface area contributed by atoms with Gasteiger partial charge in [0, 0.05) is 43.9 Å². The zero-order valence-corrected chi connectivity index (χ0v) is 11.3. The summed E-state index contributed by atoms with van der Waals surface area (Å²) in [6, 6.07) is 7.48. The monoisotopic (exact) mass is 263 g/mol. The van der Waals surface area contributed by atoms with E-state index in [-0.39, 0.29) is 10.6 Å². The predicted octanol–water partition coefficient (Wildman–Crippen LogP) is 1.82. The minimum atomic E-state index is -0.278. The Balaban J connectivity index is 2.11. The fourth-order valence-corrected chi connectivity index (χ4v) is 2.69. The molecule has 19 heavy (non-hydrogen) atoms. The molecule has 1 aromatic rings. The molecule has 5 nitrogen and oxygen atoms in total. The predicted molar refractivity (Wildman–Crippen MR) is 75.3 cm³/mol. The molecule has 0 bridgehead atoms. The maximum Gasteiger partial charge on any atom is 0.272 e. The number of hydrogen-bond acceptors (Lipinski definition) is 4. The van der Waals surface area contributed by atoms with E-state index in [0.29, 0.717) is 6.04 Å². The van der Waals surface area contributed by atoms with E-state index in [2.05, 4.69) is 17.1 Å². The van der Waals surface area contributed by atoms with Gasteiger partial charge in [-0.15, -0.1) is 0 Å². The number of nitro benzene ring substituents is 1. The quantitative estimate of drug-likeness (QED) is 0.650. The zero-order valence-electron chi connectivity index (χ0n) is 11.3. The van der Waals surface area contributed by atoms with Crippen LogP contribution in [0.1, 0.15) is 18.9 Å². The van der Waals surface area contributed by atoms with Gasteiger partial charge in [0.25, 0.3) is 5.69 Å². The Morgan fingerprint density at radius 1 is 1.37 bits per heavy atom. The van der Waals surface area contributed by atoms with Crippen LogP contribution in [0.5, 0.6) is 0 Å². The molecule has 1 N–H and O–H groups in total. The van der Waals surface area contributed by atoms with E-state index >= 15 is 0 Å². The Bertz CT molecular complexity index is 430. The number of nitrogens with one attached hydrogen (secondary N) is 1. The molecule has 1 heterocycles. The van der Waals surface area contributed by atoms with Crippen LogP contribution in [0.15, 0.2) is 24.3 Å². The maximum absolute atomic E-state index is 11.0. The molecular formula is C14H21N3O2. The Morgan fingerprint density at radius 3 is 2.68 bits per heavy atom. The third-order valence-corrected chi connectivity index (χ3v) is 3.78. The van der Waals surface area contributed by atoms with E-state index in [0.717, 1.165) is 44.6 Å². The molecular weight excluding hydrogens is 242 g/mol. The van der Waals surface area contributed by atoms with Gasteiger partial charge in [-0.25, -0.2) is 0 Å². The van der Waals surface area contributed by atoms with Gasteiger partial charge < -0.3 is 5.32 Å². The summed E-state index contributed by atoms with van der Waals surface area (Å²) >= 11 is 0. The molecule has 2 rings (SSSR count). The van der Waals surface area contributed by atoms with Crippen LogP contribution >= 0.6 is 0 Å². The molecule has 0 aliphatic carbocycles. The summed E-state index contributed by atoms with van der Waals surface area (Å²) in [6.45, 7) is 6.22. The summed E-state index contributed by atoms with van der Waals surface area (Å²) in [7, 11) is 0. The number of nitrogens with zero attached hydrogens (tertiary/aromatic N) is 2. The third kappa shape index (κ3) is 3.52. The van der Waals surface area contributed by atoms with Crippen LogP contribution in [0, 0.1) is 10.1 Å². The highest BCUT2D eigenvalue weighted by atomic mass is 16.6. The Kier molecular flexibility index (Phi) is 4.87. The number of nitro groups is 1. The molecule has 0 spiro atoms. The van der Waals surface area contributed by atoms with Crippen LogP contribution in [-0.2, 0) is 6.42 Å². The SMILES string of the molecule is CCC(Cc1ccccc1[N+](=O)[O-])N1CCNCC1. The second kappa shape index (κ2) is 6.63. The lowest BCUT2D eigenvalue weighted by molar-refractivity contribution is -0.385. The molecule has 0 aromatic heterocycles. The topological polar surface area (TPSA) is 58.4 Å². The van der Waals surface area contributed by atoms with Gasteiger partial charge in [0.2, 0.25) is 0 Å². The summed E-state index contributed by atoms with van der Waals surface area (Å²) in [5, 5.41) is 14.4. The normalized spacial score (nSPS) is 18.2. The van der Waals surface area contributed by atoms with Gasteiger partial charge in [-0.3, -0.25) is 15.0 Å². The highest BCUT2D eigenvalue weighted by Crippen LogP contribution is 2.22. The molecule has 1 saturated heterocycles. The van der Waals surface area contributed by atoms with Crippen LogP contribution in [0.3, 0.4) is 0 Å². The number of hydrogen-bond donors (Lipinski definition) is 1. The second-order valence-corrected chi connectivity index (χ2v) is 4.94. The van der Waals surface area contributed by atoms with Crippen LogP contribution in [0.25, 0.3) is 0 Å². The van der Waals surface area contributed by atoms with E-state index in [4.69, 9.17) is 0 Å². The number of rotatable bonds is 5. The van der Waals surface area contributed by atoms with Crippen molar-refractivity contribution in [3.63, 3.8) is 0 Å². The molecule has 1 fully saturated rings. The van der Waals surface area contributed by atoms with Crippen molar-refractivity contribution in [1.82, 2.24) is 10.2 Å². The Labute approximate surface area is 113 Å². The number of piperazine rings is 1. The summed E-state index contributed by atoms with van der Waals surface area (Å²) in [4.78, 5) is 13.2. The van der Waals surface area contributed by atoms with Gasteiger partial charge in [0.1, 0.15) is 0 Å². The third-order valence-electron chi connectivity index (χ3n) is 3.78. The van der Waals surface area contributed by atoms with Gasteiger partial charge in [0.15, 0.2) is 0 Å². The van der Waals surface area contributed by atoms with E-state index < -0.39 is 0 Å². The van der Waals surface area contributed by atoms with Crippen molar-refractivity contribution >= 4 is 5.69 Å². The van der Waals surface area contributed by atoms with Gasteiger partial charge >= 0.3 is 0 Å². The van der Waals surface area contributed by atoms with E-state index in [1.54, 1.807) is 12.1 Å². The fourth-order valence-electron chi connectivity index (χ4n) is 2.69. The average Bonchev–Trinajstić information content (AvgIpc) is 2.46. The first kappa shape index (κ1) is 14.0. The molecule has 5 heteroatoms. The van der Waals surface area contributed by atoms with E-state index in [1.165, 1.54) is 0 Å². The molecule has 1 aliphatic rings. The minimum Gasteiger partial charge on any atom is -0.314 e. The summed E-state index contributed by atoms with van der Waals surface area (Å²) in [5.74, 6) is 0. The van der Waals surface area contributed by atoms with Crippen LogP contribution in [-0.4, -0.2) is 42.0 Å².